The Morgan fingerprint density at radius 3 is 2.40 bits per heavy atom. The zero-order chi connectivity index (χ0) is 25.8. The number of carbonyl (C=O) groups excluding carboxylic acids is 2. The average Bonchev–Trinajstić information content (AvgIpc) is 3.29. The molecule has 1 heterocycles. The second-order valence-electron chi connectivity index (χ2n) is 9.71. The van der Waals surface area contributed by atoms with Crippen molar-refractivity contribution in [2.45, 2.75) is 69.8 Å². The van der Waals surface area contributed by atoms with Crippen LogP contribution in [-0.4, -0.2) is 42.1 Å². The van der Waals surface area contributed by atoms with Gasteiger partial charge in [0.2, 0.25) is 5.91 Å². The molecular formula is C24H31ClN4O5S. The van der Waals surface area contributed by atoms with E-state index >= 15 is 0 Å². The van der Waals surface area contributed by atoms with Crippen LogP contribution in [0.2, 0.25) is 5.02 Å². The molecular weight excluding hydrogens is 492 g/mol. The van der Waals surface area contributed by atoms with Crippen molar-refractivity contribution >= 4 is 44.8 Å². The fourth-order valence-electron chi connectivity index (χ4n) is 3.88. The van der Waals surface area contributed by atoms with Crippen molar-refractivity contribution in [2.24, 2.45) is 5.92 Å². The first kappa shape index (κ1) is 27.0. The van der Waals surface area contributed by atoms with Crippen LogP contribution in [-0.2, 0) is 19.5 Å². The highest BCUT2D eigenvalue weighted by molar-refractivity contribution is 7.90. The van der Waals surface area contributed by atoms with Gasteiger partial charge in [-0.1, -0.05) is 37.3 Å². The Balaban J connectivity index is 1.88. The number of carbonyl (C=O) groups is 2. The Labute approximate surface area is 211 Å². The van der Waals surface area contributed by atoms with Gasteiger partial charge >= 0.3 is 0 Å². The summed E-state index contributed by atoms with van der Waals surface area (Å²) in [5.74, 6) is -0.0869. The van der Waals surface area contributed by atoms with Gasteiger partial charge in [-0.25, -0.2) is 23.9 Å². The van der Waals surface area contributed by atoms with Gasteiger partial charge in [0.15, 0.2) is 15.7 Å². The molecule has 1 aliphatic carbocycles. The molecule has 9 nitrogen and oxygen atoms in total. The lowest BCUT2D eigenvalue weighted by molar-refractivity contribution is -0.118. The maximum Gasteiger partial charge on any atom is 0.295 e. The minimum absolute atomic E-state index is 0.00174. The first-order valence-corrected chi connectivity index (χ1v) is 13.7. The molecule has 190 valence electrons. The van der Waals surface area contributed by atoms with Gasteiger partial charge in [-0.3, -0.25) is 19.3 Å². The standard InChI is InChI=1S/C24H31ClN4O5S/c1-24(2,3)34-28-23(31)19-14-27-21(15-26-19)29(22(30)12-9-16-7-5-6-8-16)17-10-11-20(18(25)13-17)35(4,32)33/h10-11,13-16H,5-9,12H2,1-4H3,(H,28,31). The molecule has 0 radical (unpaired) electrons. The van der Waals surface area contributed by atoms with Gasteiger partial charge in [-0.05, 0) is 51.3 Å². The van der Waals surface area contributed by atoms with E-state index in [2.05, 4.69) is 15.4 Å². The number of hydrogen-bond donors (Lipinski definition) is 1. The van der Waals surface area contributed by atoms with Crippen molar-refractivity contribution in [2.75, 3.05) is 11.2 Å². The number of halogens is 1. The molecule has 0 atom stereocenters. The number of hydroxylamine groups is 1. The van der Waals surface area contributed by atoms with Gasteiger partial charge in [-0.15, -0.1) is 0 Å². The molecule has 1 N–H and O–H groups in total. The molecule has 0 aliphatic heterocycles. The van der Waals surface area contributed by atoms with Crippen LogP contribution in [0.4, 0.5) is 11.5 Å². The van der Waals surface area contributed by atoms with Gasteiger partial charge in [0.05, 0.1) is 33.6 Å². The Hall–Kier alpha value is -2.56. The maximum absolute atomic E-state index is 13.3. The largest absolute Gasteiger partial charge is 0.295 e. The quantitative estimate of drug-likeness (QED) is 0.502. The number of amides is 2. The molecule has 2 amide bonds. The lowest BCUT2D eigenvalue weighted by Crippen LogP contribution is -2.34. The summed E-state index contributed by atoms with van der Waals surface area (Å²) in [6, 6.07) is 4.30. The van der Waals surface area contributed by atoms with Gasteiger partial charge in [0, 0.05) is 12.7 Å². The van der Waals surface area contributed by atoms with Gasteiger partial charge < -0.3 is 0 Å². The molecule has 1 fully saturated rings. The van der Waals surface area contributed by atoms with Crippen molar-refractivity contribution in [1.82, 2.24) is 15.4 Å². The average molecular weight is 523 g/mol. The molecule has 0 bridgehead atoms. The number of hydrogen-bond acceptors (Lipinski definition) is 7. The molecule has 2 aromatic rings. The van der Waals surface area contributed by atoms with E-state index in [9.17, 15) is 18.0 Å². The fraction of sp³-hybridized carbons (Fsp3) is 0.500. The van der Waals surface area contributed by atoms with Crippen LogP contribution in [0.1, 0.15) is 69.8 Å². The Morgan fingerprint density at radius 2 is 1.86 bits per heavy atom. The highest BCUT2D eigenvalue weighted by atomic mass is 35.5. The van der Waals surface area contributed by atoms with Crippen LogP contribution in [0.15, 0.2) is 35.5 Å². The summed E-state index contributed by atoms with van der Waals surface area (Å²) in [5, 5.41) is 0.00174. The third-order valence-corrected chi connectivity index (χ3v) is 7.19. The van der Waals surface area contributed by atoms with Crippen LogP contribution in [0.3, 0.4) is 0 Å². The van der Waals surface area contributed by atoms with E-state index in [1.54, 1.807) is 20.8 Å². The van der Waals surface area contributed by atoms with Gasteiger partial charge in [0.25, 0.3) is 5.91 Å². The number of aromatic nitrogens is 2. The molecule has 1 aromatic heterocycles. The second-order valence-corrected chi connectivity index (χ2v) is 12.1. The normalized spacial score (nSPS) is 14.7. The lowest BCUT2D eigenvalue weighted by Gasteiger charge is -2.23. The van der Waals surface area contributed by atoms with Crippen LogP contribution in [0.5, 0.6) is 0 Å². The summed E-state index contributed by atoms with van der Waals surface area (Å²) in [6.45, 7) is 5.37. The summed E-state index contributed by atoms with van der Waals surface area (Å²) in [5.41, 5.74) is 2.12. The lowest BCUT2D eigenvalue weighted by atomic mass is 10.0. The van der Waals surface area contributed by atoms with Crippen LogP contribution in [0.25, 0.3) is 0 Å². The number of sulfone groups is 1. The summed E-state index contributed by atoms with van der Waals surface area (Å²) in [4.78, 5) is 40.7. The van der Waals surface area contributed by atoms with Crippen molar-refractivity contribution in [1.29, 1.82) is 0 Å². The van der Waals surface area contributed by atoms with E-state index in [-0.39, 0.29) is 27.3 Å². The third kappa shape index (κ3) is 7.46. The first-order chi connectivity index (χ1) is 16.3. The molecule has 1 aromatic carbocycles. The predicted molar refractivity (Wildman–Crippen MR) is 133 cm³/mol. The minimum Gasteiger partial charge on any atom is -0.274 e. The summed E-state index contributed by atoms with van der Waals surface area (Å²) >= 11 is 6.25. The van der Waals surface area contributed by atoms with Crippen LogP contribution < -0.4 is 10.4 Å². The van der Waals surface area contributed by atoms with E-state index in [4.69, 9.17) is 16.4 Å². The summed E-state index contributed by atoms with van der Waals surface area (Å²) in [6.07, 6.45) is 9.26. The Bertz CT molecular complexity index is 1170. The molecule has 1 saturated carbocycles. The van der Waals surface area contributed by atoms with Crippen molar-refractivity contribution in [3.8, 4) is 0 Å². The first-order valence-electron chi connectivity index (χ1n) is 11.5. The molecule has 0 saturated heterocycles. The SMILES string of the molecule is CC(C)(C)ONC(=O)c1cnc(N(C(=O)CCC2CCCC2)c2ccc(S(C)(=O)=O)c(Cl)c2)cn1. The zero-order valence-corrected chi connectivity index (χ0v) is 21.9. The smallest absolute Gasteiger partial charge is 0.274 e. The summed E-state index contributed by atoms with van der Waals surface area (Å²) in [7, 11) is -3.53. The van der Waals surface area contributed by atoms with E-state index in [1.807, 2.05) is 0 Å². The fourth-order valence-corrected chi connectivity index (χ4v) is 5.20. The van der Waals surface area contributed by atoms with Crippen molar-refractivity contribution in [3.05, 3.63) is 41.3 Å². The number of rotatable bonds is 8. The monoisotopic (exact) mass is 522 g/mol. The molecule has 0 spiro atoms. The van der Waals surface area contributed by atoms with Crippen LogP contribution in [0, 0.1) is 5.92 Å². The molecule has 0 unspecified atom stereocenters. The second kappa shape index (κ2) is 11.0. The van der Waals surface area contributed by atoms with Gasteiger partial charge in [0.1, 0.15) is 5.69 Å². The zero-order valence-electron chi connectivity index (χ0n) is 20.4. The van der Waals surface area contributed by atoms with Crippen LogP contribution >= 0.6 is 11.6 Å². The van der Waals surface area contributed by atoms with Crippen molar-refractivity contribution in [3.63, 3.8) is 0 Å². The molecule has 35 heavy (non-hydrogen) atoms. The number of nitrogens with one attached hydrogen (secondary N) is 1. The number of nitrogens with zero attached hydrogens (tertiary/aromatic N) is 3. The molecule has 3 rings (SSSR count). The van der Waals surface area contributed by atoms with E-state index in [1.165, 1.54) is 48.3 Å². The topological polar surface area (TPSA) is 119 Å². The number of benzene rings is 1. The highest BCUT2D eigenvalue weighted by Crippen LogP contribution is 2.33. The highest BCUT2D eigenvalue weighted by Gasteiger charge is 2.25. The maximum atomic E-state index is 13.3. The number of anilines is 2. The van der Waals surface area contributed by atoms with Gasteiger partial charge in [-0.2, -0.15) is 0 Å². The minimum atomic E-state index is -3.53. The molecule has 1 aliphatic rings. The molecule has 11 heteroatoms. The Kier molecular flexibility index (Phi) is 8.50. The van der Waals surface area contributed by atoms with E-state index in [0.717, 1.165) is 25.5 Å². The van der Waals surface area contributed by atoms with E-state index < -0.39 is 21.3 Å². The van der Waals surface area contributed by atoms with E-state index in [0.29, 0.717) is 18.0 Å². The summed E-state index contributed by atoms with van der Waals surface area (Å²) < 4.78 is 23.9. The Morgan fingerprint density at radius 1 is 1.17 bits per heavy atom. The third-order valence-electron chi connectivity index (χ3n) is 5.61. The predicted octanol–water partition coefficient (Wildman–Crippen LogP) is 4.63. The van der Waals surface area contributed by atoms with Crippen molar-refractivity contribution < 1.29 is 22.8 Å².